The number of anilines is 1. The summed E-state index contributed by atoms with van der Waals surface area (Å²) in [5, 5.41) is 11.0. The Kier molecular flexibility index (Phi) is 5.49. The van der Waals surface area contributed by atoms with Crippen molar-refractivity contribution >= 4 is 39.4 Å². The van der Waals surface area contributed by atoms with Crippen molar-refractivity contribution in [3.8, 4) is 22.4 Å². The van der Waals surface area contributed by atoms with Gasteiger partial charge in [-0.3, -0.25) is 19.0 Å². The Balaban J connectivity index is 1.29. The molecular formula is C33H36N8O2. The van der Waals surface area contributed by atoms with Gasteiger partial charge < -0.3 is 14.8 Å². The molecule has 220 valence electrons. The normalized spacial score (nSPS) is 18.7. The van der Waals surface area contributed by atoms with Crippen LogP contribution in [0.15, 0.2) is 43.0 Å². The number of amides is 2. The van der Waals surface area contributed by atoms with Crippen LogP contribution in [0.1, 0.15) is 51.0 Å². The third kappa shape index (κ3) is 3.61. The maximum Gasteiger partial charge on any atom is 0.237 e. The third-order valence-corrected chi connectivity index (χ3v) is 10.4. The Labute approximate surface area is 249 Å². The zero-order chi connectivity index (χ0) is 29.7. The van der Waals surface area contributed by atoms with Gasteiger partial charge in [-0.2, -0.15) is 10.2 Å². The molecule has 2 fully saturated rings. The fourth-order valence-corrected chi connectivity index (χ4v) is 8.31. The predicted molar refractivity (Wildman–Crippen MR) is 165 cm³/mol. The van der Waals surface area contributed by atoms with Crippen LogP contribution in [-0.2, 0) is 29.1 Å². The molecule has 10 heteroatoms. The lowest BCUT2D eigenvalue weighted by Crippen LogP contribution is -2.58. The summed E-state index contributed by atoms with van der Waals surface area (Å²) in [6, 6.07) is 6.44. The maximum atomic E-state index is 14.2. The second-order valence-corrected chi connectivity index (χ2v) is 13.0. The van der Waals surface area contributed by atoms with Crippen LogP contribution in [0.4, 0.5) is 5.69 Å². The van der Waals surface area contributed by atoms with Crippen molar-refractivity contribution in [2.75, 3.05) is 25.0 Å². The number of aromatic amines is 1. The summed E-state index contributed by atoms with van der Waals surface area (Å²) in [6.07, 6.45) is 12.6. The molecule has 1 aliphatic carbocycles. The average molecular weight is 577 g/mol. The lowest BCUT2D eigenvalue weighted by atomic mass is 9.47. The van der Waals surface area contributed by atoms with Crippen LogP contribution < -0.4 is 4.90 Å². The first kappa shape index (κ1) is 26.2. The molecule has 5 aromatic rings. The first-order chi connectivity index (χ1) is 20.7. The molecule has 2 aliphatic heterocycles. The Morgan fingerprint density at radius 3 is 2.53 bits per heavy atom. The van der Waals surface area contributed by atoms with Crippen molar-refractivity contribution in [1.82, 2.24) is 34.4 Å². The van der Waals surface area contributed by atoms with Gasteiger partial charge in [0.25, 0.3) is 0 Å². The van der Waals surface area contributed by atoms with Crippen LogP contribution in [0.3, 0.4) is 0 Å². The highest BCUT2D eigenvalue weighted by molar-refractivity contribution is 6.17. The number of fused-ring (bicyclic) bond motifs is 5. The van der Waals surface area contributed by atoms with Crippen LogP contribution in [0, 0.1) is 5.41 Å². The summed E-state index contributed by atoms with van der Waals surface area (Å²) in [5.41, 5.74) is 7.31. The Bertz CT molecular complexity index is 1950. The molecule has 1 saturated heterocycles. The summed E-state index contributed by atoms with van der Waals surface area (Å²) in [4.78, 5) is 39.1. The second-order valence-electron chi connectivity index (χ2n) is 13.0. The number of rotatable bonds is 4. The Hall–Kier alpha value is -4.47. The number of likely N-dealkylation sites (tertiary alicyclic amines) is 1. The molecule has 8 rings (SSSR count). The minimum atomic E-state index is -0.595. The minimum Gasteiger partial charge on any atom is -0.343 e. The van der Waals surface area contributed by atoms with Gasteiger partial charge in [0, 0.05) is 74.3 Å². The zero-order valence-electron chi connectivity index (χ0n) is 25.1. The van der Waals surface area contributed by atoms with E-state index in [1.54, 1.807) is 4.68 Å². The van der Waals surface area contributed by atoms with Crippen molar-refractivity contribution in [3.63, 3.8) is 0 Å². The summed E-state index contributed by atoms with van der Waals surface area (Å²) < 4.78 is 3.69. The highest BCUT2D eigenvalue weighted by Gasteiger charge is 2.65. The molecular weight excluding hydrogens is 540 g/mol. The lowest BCUT2D eigenvalue weighted by molar-refractivity contribution is -0.142. The summed E-state index contributed by atoms with van der Waals surface area (Å²) in [5.74, 6) is 0.413. The van der Waals surface area contributed by atoms with E-state index >= 15 is 0 Å². The molecule has 43 heavy (non-hydrogen) atoms. The number of likely N-dealkylation sites (N-methyl/N-ethyl adjacent to an activating group) is 1. The molecule has 1 N–H and O–H groups in total. The molecule has 10 nitrogen and oxygen atoms in total. The first-order valence-electron chi connectivity index (χ1n) is 15.3. The standard InChI is InChI=1S/C33H36N8O2/c1-5-6-25(42)41-11-9-32(10-12-41)18-33(19-32)28-24(39(3)31(33)43)16-34-30-27(28)26(29(37-30)22-15-35-38(2)17-22)20-7-8-23-21(13-20)14-36-40(23)4/h7-8,13-17H,5-6,9-12,18-19H2,1-4H3,(H,34,37). The molecule has 4 aromatic heterocycles. The molecule has 0 bridgehead atoms. The number of benzene rings is 1. The quantitative estimate of drug-likeness (QED) is 0.327. The topological polar surface area (TPSA) is 105 Å². The summed E-state index contributed by atoms with van der Waals surface area (Å²) in [6.45, 7) is 3.62. The van der Waals surface area contributed by atoms with Gasteiger partial charge in [-0.25, -0.2) is 4.98 Å². The highest BCUT2D eigenvalue weighted by atomic mass is 16.2. The fraction of sp³-hybridized carbons (Fsp3) is 0.424. The second kappa shape index (κ2) is 9.02. The Morgan fingerprint density at radius 2 is 1.81 bits per heavy atom. The molecule has 1 aromatic carbocycles. The summed E-state index contributed by atoms with van der Waals surface area (Å²) in [7, 11) is 5.75. The van der Waals surface area contributed by atoms with E-state index in [4.69, 9.17) is 4.98 Å². The van der Waals surface area contributed by atoms with Crippen molar-refractivity contribution in [2.24, 2.45) is 19.5 Å². The maximum absolute atomic E-state index is 14.2. The van der Waals surface area contributed by atoms with Gasteiger partial charge in [0.1, 0.15) is 5.65 Å². The van der Waals surface area contributed by atoms with E-state index in [0.717, 1.165) is 101 Å². The largest absolute Gasteiger partial charge is 0.343 e. The molecule has 0 unspecified atom stereocenters. The van der Waals surface area contributed by atoms with Crippen LogP contribution in [0.5, 0.6) is 0 Å². The van der Waals surface area contributed by atoms with Gasteiger partial charge in [0.15, 0.2) is 0 Å². The smallest absolute Gasteiger partial charge is 0.237 e. The number of piperidine rings is 1. The van der Waals surface area contributed by atoms with Gasteiger partial charge in [-0.05, 0) is 55.2 Å². The van der Waals surface area contributed by atoms with Crippen LogP contribution in [-0.4, -0.2) is 66.4 Å². The van der Waals surface area contributed by atoms with Crippen molar-refractivity contribution < 1.29 is 9.59 Å². The van der Waals surface area contributed by atoms with Gasteiger partial charge in [-0.1, -0.05) is 13.0 Å². The van der Waals surface area contributed by atoms with Gasteiger partial charge in [0.2, 0.25) is 11.8 Å². The minimum absolute atomic E-state index is 0.0773. The molecule has 0 atom stereocenters. The highest BCUT2D eigenvalue weighted by Crippen LogP contribution is 2.66. The van der Waals surface area contributed by atoms with Crippen molar-refractivity contribution in [3.05, 3.63) is 48.5 Å². The van der Waals surface area contributed by atoms with Gasteiger partial charge >= 0.3 is 0 Å². The number of pyridine rings is 1. The third-order valence-electron chi connectivity index (χ3n) is 10.4. The van der Waals surface area contributed by atoms with Gasteiger partial charge in [0.05, 0.1) is 40.9 Å². The number of H-pyrrole nitrogens is 1. The van der Waals surface area contributed by atoms with E-state index in [1.807, 2.05) is 60.4 Å². The molecule has 2 spiro atoms. The summed E-state index contributed by atoms with van der Waals surface area (Å²) >= 11 is 0. The Morgan fingerprint density at radius 1 is 1.02 bits per heavy atom. The molecule has 6 heterocycles. The number of hydrogen-bond acceptors (Lipinski definition) is 5. The van der Waals surface area contributed by atoms with Crippen LogP contribution in [0.2, 0.25) is 0 Å². The van der Waals surface area contributed by atoms with E-state index < -0.39 is 5.41 Å². The monoisotopic (exact) mass is 576 g/mol. The molecule has 3 aliphatic rings. The number of nitrogens with zero attached hydrogens (tertiary/aromatic N) is 7. The van der Waals surface area contributed by atoms with Crippen LogP contribution in [0.25, 0.3) is 44.3 Å². The molecule has 0 radical (unpaired) electrons. The lowest BCUT2D eigenvalue weighted by Gasteiger charge is -2.57. The first-order valence-corrected chi connectivity index (χ1v) is 15.3. The van der Waals surface area contributed by atoms with Crippen molar-refractivity contribution in [1.29, 1.82) is 0 Å². The van der Waals surface area contributed by atoms with E-state index in [0.29, 0.717) is 6.42 Å². The van der Waals surface area contributed by atoms with E-state index in [9.17, 15) is 9.59 Å². The van der Waals surface area contributed by atoms with Gasteiger partial charge in [-0.15, -0.1) is 0 Å². The van der Waals surface area contributed by atoms with Crippen LogP contribution >= 0.6 is 0 Å². The zero-order valence-corrected chi connectivity index (χ0v) is 25.1. The SMILES string of the molecule is CCCC(=O)N1CCC2(CC1)CC1(C2)C(=O)N(C)c2cnc3[nH]c(-c4cnn(C)c4)c(-c4ccc5c(cnn5C)c4)c3c21. The number of hydrogen-bond donors (Lipinski definition) is 1. The number of nitrogens with one attached hydrogen (secondary N) is 1. The number of aryl methyl sites for hydroxylation is 2. The van der Waals surface area contributed by atoms with Crippen molar-refractivity contribution in [2.45, 2.75) is 50.9 Å². The molecule has 1 saturated carbocycles. The van der Waals surface area contributed by atoms with E-state index in [-0.39, 0.29) is 17.2 Å². The fourth-order valence-electron chi connectivity index (χ4n) is 8.31. The molecule has 2 amide bonds. The van der Waals surface area contributed by atoms with E-state index in [1.165, 1.54) is 0 Å². The number of carbonyl (C=O) groups is 2. The number of aromatic nitrogens is 6. The number of carbonyl (C=O) groups excluding carboxylic acids is 2. The van der Waals surface area contributed by atoms with E-state index in [2.05, 4.69) is 40.3 Å². The predicted octanol–water partition coefficient (Wildman–Crippen LogP) is 4.93. The average Bonchev–Trinajstić information content (AvgIpc) is 3.74.